The molecule has 0 heterocycles. The Morgan fingerprint density at radius 2 is 1.81 bits per heavy atom. The molecule has 0 bridgehead atoms. The summed E-state index contributed by atoms with van der Waals surface area (Å²) in [6, 6.07) is 13.6. The molecule has 32 heavy (non-hydrogen) atoms. The van der Waals surface area contributed by atoms with E-state index in [1.165, 1.54) is 11.4 Å². The van der Waals surface area contributed by atoms with E-state index in [2.05, 4.69) is 10.6 Å². The van der Waals surface area contributed by atoms with Gasteiger partial charge in [-0.05, 0) is 37.1 Å². The van der Waals surface area contributed by atoms with E-state index in [1.54, 1.807) is 48.5 Å². The number of carbonyl (C=O) groups excluding carboxylic acids is 2. The van der Waals surface area contributed by atoms with Crippen LogP contribution in [0.2, 0.25) is 0 Å². The van der Waals surface area contributed by atoms with Crippen LogP contribution >= 0.6 is 0 Å². The Bertz CT molecular complexity index is 1020. The highest BCUT2D eigenvalue weighted by molar-refractivity contribution is 7.92. The Labute approximate surface area is 190 Å². The van der Waals surface area contributed by atoms with E-state index in [0.29, 0.717) is 35.7 Å². The predicted octanol–water partition coefficient (Wildman–Crippen LogP) is 3.41. The number of benzene rings is 2. The Balaban J connectivity index is 1.99. The highest BCUT2D eigenvalue weighted by Gasteiger charge is 2.19. The van der Waals surface area contributed by atoms with Gasteiger partial charge in [-0.3, -0.25) is 13.9 Å². The third-order valence-corrected chi connectivity index (χ3v) is 5.96. The molecule has 174 valence electrons. The second-order valence-corrected chi connectivity index (χ2v) is 9.25. The average molecular weight is 462 g/mol. The van der Waals surface area contributed by atoms with Crippen LogP contribution in [-0.2, 0) is 14.8 Å². The van der Waals surface area contributed by atoms with E-state index in [4.69, 9.17) is 4.74 Å². The molecule has 0 aromatic heterocycles. The van der Waals surface area contributed by atoms with Crippen LogP contribution in [0.5, 0.6) is 5.75 Å². The number of carbonyl (C=O) groups is 2. The normalized spacial score (nSPS) is 11.0. The summed E-state index contributed by atoms with van der Waals surface area (Å²) in [6.07, 6.45) is 3.38. The van der Waals surface area contributed by atoms with E-state index in [-0.39, 0.29) is 24.8 Å². The van der Waals surface area contributed by atoms with Crippen LogP contribution in [0.4, 0.5) is 11.4 Å². The molecule has 0 saturated heterocycles. The molecular weight excluding hydrogens is 430 g/mol. The zero-order valence-corrected chi connectivity index (χ0v) is 19.6. The molecule has 9 heteroatoms. The summed E-state index contributed by atoms with van der Waals surface area (Å²) in [5, 5.41) is 5.61. The van der Waals surface area contributed by atoms with Gasteiger partial charge in [0.25, 0.3) is 5.91 Å². The fourth-order valence-corrected chi connectivity index (χ4v) is 4.07. The van der Waals surface area contributed by atoms with Gasteiger partial charge >= 0.3 is 0 Å². The second-order valence-electron chi connectivity index (χ2n) is 7.34. The number of rotatable bonds is 12. The average Bonchev–Trinajstić information content (AvgIpc) is 2.76. The number of anilines is 2. The van der Waals surface area contributed by atoms with Crippen LogP contribution in [0.15, 0.2) is 48.5 Å². The van der Waals surface area contributed by atoms with Crippen molar-refractivity contribution in [1.82, 2.24) is 5.32 Å². The van der Waals surface area contributed by atoms with Gasteiger partial charge in [0.15, 0.2) is 0 Å². The van der Waals surface area contributed by atoms with Crippen LogP contribution in [0.1, 0.15) is 43.0 Å². The summed E-state index contributed by atoms with van der Waals surface area (Å²) in [7, 11) is -2.03. The van der Waals surface area contributed by atoms with Crippen LogP contribution in [0.25, 0.3) is 0 Å². The first-order valence-electron chi connectivity index (χ1n) is 10.5. The molecule has 0 atom stereocenters. The van der Waals surface area contributed by atoms with Crippen molar-refractivity contribution in [3.63, 3.8) is 0 Å². The standard InChI is InChI=1S/C23H31N3O5S/c1-4-5-15-24-23(28)20-12-6-7-13-21(20)25-22(27)14-9-16-26(32(3,29)30)18-10-8-11-19(17-18)31-2/h6-8,10-13,17H,4-5,9,14-16H2,1-3H3,(H,24,28)(H,25,27). The number of amides is 2. The van der Waals surface area contributed by atoms with Crippen molar-refractivity contribution in [3.05, 3.63) is 54.1 Å². The Kier molecular flexibility index (Phi) is 9.52. The molecule has 0 unspecified atom stereocenters. The van der Waals surface area contributed by atoms with Crippen molar-refractivity contribution >= 4 is 33.2 Å². The van der Waals surface area contributed by atoms with E-state index in [0.717, 1.165) is 19.1 Å². The van der Waals surface area contributed by atoms with Gasteiger partial charge in [-0.1, -0.05) is 31.5 Å². The van der Waals surface area contributed by atoms with Gasteiger partial charge in [-0.25, -0.2) is 8.42 Å². The molecule has 0 fully saturated rings. The molecular formula is C23H31N3O5S. The third kappa shape index (κ3) is 7.56. The molecule has 0 saturated carbocycles. The maximum Gasteiger partial charge on any atom is 0.253 e. The summed E-state index contributed by atoms with van der Waals surface area (Å²) < 4.78 is 30.9. The summed E-state index contributed by atoms with van der Waals surface area (Å²) >= 11 is 0. The molecule has 2 rings (SSSR count). The van der Waals surface area contributed by atoms with E-state index in [9.17, 15) is 18.0 Å². The van der Waals surface area contributed by atoms with Crippen molar-refractivity contribution in [2.75, 3.05) is 36.1 Å². The molecule has 2 aromatic carbocycles. The Morgan fingerprint density at radius 1 is 1.06 bits per heavy atom. The van der Waals surface area contributed by atoms with Gasteiger partial charge in [0.2, 0.25) is 15.9 Å². The highest BCUT2D eigenvalue weighted by Crippen LogP contribution is 2.23. The van der Waals surface area contributed by atoms with Crippen molar-refractivity contribution in [2.45, 2.75) is 32.6 Å². The number of hydrogen-bond donors (Lipinski definition) is 2. The van der Waals surface area contributed by atoms with Crippen LogP contribution in [0, 0.1) is 0 Å². The quantitative estimate of drug-likeness (QED) is 0.471. The lowest BCUT2D eigenvalue weighted by Gasteiger charge is -2.22. The first-order chi connectivity index (χ1) is 15.3. The van der Waals surface area contributed by atoms with E-state index >= 15 is 0 Å². The summed E-state index contributed by atoms with van der Waals surface area (Å²) in [4.78, 5) is 24.9. The fraction of sp³-hybridized carbons (Fsp3) is 0.391. The number of unbranched alkanes of at least 4 members (excludes halogenated alkanes) is 1. The number of hydrogen-bond acceptors (Lipinski definition) is 5. The smallest absolute Gasteiger partial charge is 0.253 e. The molecule has 0 spiro atoms. The van der Waals surface area contributed by atoms with Gasteiger partial charge < -0.3 is 15.4 Å². The SMILES string of the molecule is CCCCNC(=O)c1ccccc1NC(=O)CCCN(c1cccc(OC)c1)S(C)(=O)=O. The minimum absolute atomic E-state index is 0.0990. The predicted molar refractivity (Wildman–Crippen MR) is 127 cm³/mol. The minimum Gasteiger partial charge on any atom is -0.497 e. The third-order valence-electron chi connectivity index (χ3n) is 4.77. The minimum atomic E-state index is -3.54. The molecule has 8 nitrogen and oxygen atoms in total. The number of ether oxygens (including phenoxy) is 1. The number of methoxy groups -OCH3 is 1. The fourth-order valence-electron chi connectivity index (χ4n) is 3.11. The zero-order chi connectivity index (χ0) is 23.6. The topological polar surface area (TPSA) is 105 Å². The van der Waals surface area contributed by atoms with Crippen LogP contribution in [0.3, 0.4) is 0 Å². The monoisotopic (exact) mass is 461 g/mol. The molecule has 0 aliphatic rings. The van der Waals surface area contributed by atoms with Gasteiger partial charge in [-0.15, -0.1) is 0 Å². The van der Waals surface area contributed by atoms with Crippen LogP contribution < -0.4 is 19.7 Å². The number of nitrogens with one attached hydrogen (secondary N) is 2. The second kappa shape index (κ2) is 12.1. The van der Waals surface area contributed by atoms with Crippen molar-refractivity contribution < 1.29 is 22.7 Å². The highest BCUT2D eigenvalue weighted by atomic mass is 32.2. The van der Waals surface area contributed by atoms with Crippen molar-refractivity contribution in [2.24, 2.45) is 0 Å². The van der Waals surface area contributed by atoms with Gasteiger partial charge in [0, 0.05) is 25.6 Å². The lowest BCUT2D eigenvalue weighted by Crippen LogP contribution is -2.31. The molecule has 0 aliphatic carbocycles. The first-order valence-corrected chi connectivity index (χ1v) is 12.4. The zero-order valence-electron chi connectivity index (χ0n) is 18.8. The molecule has 0 radical (unpaired) electrons. The maximum atomic E-state index is 12.5. The summed E-state index contributed by atoms with van der Waals surface area (Å²) in [5.74, 6) is 0.0104. The largest absolute Gasteiger partial charge is 0.497 e. The lowest BCUT2D eigenvalue weighted by atomic mass is 10.1. The van der Waals surface area contributed by atoms with Crippen LogP contribution in [-0.4, -0.2) is 46.7 Å². The maximum absolute atomic E-state index is 12.5. The lowest BCUT2D eigenvalue weighted by molar-refractivity contribution is -0.116. The van der Waals surface area contributed by atoms with E-state index in [1.807, 2.05) is 6.92 Å². The Morgan fingerprint density at radius 3 is 2.50 bits per heavy atom. The van der Waals surface area contributed by atoms with Crippen molar-refractivity contribution in [3.8, 4) is 5.75 Å². The van der Waals surface area contributed by atoms with Gasteiger partial charge in [-0.2, -0.15) is 0 Å². The van der Waals surface area contributed by atoms with Gasteiger partial charge in [0.05, 0.1) is 30.3 Å². The number of nitrogens with zero attached hydrogens (tertiary/aromatic N) is 1. The molecule has 2 amide bonds. The van der Waals surface area contributed by atoms with Gasteiger partial charge in [0.1, 0.15) is 5.75 Å². The number of para-hydroxylation sites is 1. The molecule has 2 N–H and O–H groups in total. The Hall–Kier alpha value is -3.07. The number of sulfonamides is 1. The molecule has 2 aromatic rings. The van der Waals surface area contributed by atoms with E-state index < -0.39 is 10.0 Å². The molecule has 0 aliphatic heterocycles. The first kappa shape index (κ1) is 25.2. The van der Waals surface area contributed by atoms with Crippen molar-refractivity contribution in [1.29, 1.82) is 0 Å². The summed E-state index contributed by atoms with van der Waals surface area (Å²) in [6.45, 7) is 2.75. The summed E-state index contributed by atoms with van der Waals surface area (Å²) in [5.41, 5.74) is 1.30.